The highest BCUT2D eigenvalue weighted by molar-refractivity contribution is 6.01. The van der Waals surface area contributed by atoms with Crippen LogP contribution in [0, 0.1) is 0 Å². The number of rotatable bonds is 9. The molecule has 2 rings (SSSR count). The van der Waals surface area contributed by atoms with Gasteiger partial charge < -0.3 is 15.2 Å². The van der Waals surface area contributed by atoms with Crippen molar-refractivity contribution in [1.82, 2.24) is 9.55 Å². The molecule has 0 aliphatic rings. The minimum Gasteiger partial charge on any atom is -0.494 e. The Morgan fingerprint density at radius 2 is 1.79 bits per heavy atom. The highest BCUT2D eigenvalue weighted by Gasteiger charge is 2.19. The number of ketones is 2. The van der Waals surface area contributed by atoms with E-state index in [9.17, 15) is 24.0 Å². The molecule has 0 bridgehead atoms. The molecule has 29 heavy (non-hydrogen) atoms. The average molecular weight is 403 g/mol. The van der Waals surface area contributed by atoms with Gasteiger partial charge in [0.1, 0.15) is 17.1 Å². The van der Waals surface area contributed by atoms with E-state index < -0.39 is 35.2 Å². The van der Waals surface area contributed by atoms with Crippen LogP contribution in [0.3, 0.4) is 0 Å². The molecule has 10 heteroatoms. The minimum atomic E-state index is -0.934. The maximum Gasteiger partial charge on any atom is 0.329 e. The molecule has 0 fully saturated rings. The van der Waals surface area contributed by atoms with E-state index in [-0.39, 0.29) is 24.6 Å². The molecule has 1 heterocycles. The number of nitrogens with zero attached hydrogens (tertiary/aromatic N) is 1. The number of esters is 1. The maximum absolute atomic E-state index is 12.1. The quantitative estimate of drug-likeness (QED) is 0.348. The summed E-state index contributed by atoms with van der Waals surface area (Å²) >= 11 is 0. The van der Waals surface area contributed by atoms with Gasteiger partial charge in [-0.25, -0.2) is 4.79 Å². The number of benzene rings is 1. The Morgan fingerprint density at radius 1 is 1.14 bits per heavy atom. The van der Waals surface area contributed by atoms with Crippen molar-refractivity contribution < 1.29 is 23.9 Å². The van der Waals surface area contributed by atoms with Gasteiger partial charge in [-0.1, -0.05) is 0 Å². The molecule has 154 valence electrons. The lowest BCUT2D eigenvalue weighted by Gasteiger charge is -2.09. The first-order chi connectivity index (χ1) is 13.7. The molecular formula is C19H21N3O7. The zero-order chi connectivity index (χ0) is 21.6. The van der Waals surface area contributed by atoms with Crippen LogP contribution in [-0.4, -0.2) is 40.3 Å². The summed E-state index contributed by atoms with van der Waals surface area (Å²) in [5, 5.41) is 0. The number of nitrogens with two attached hydrogens (primary N) is 1. The smallest absolute Gasteiger partial charge is 0.329 e. The molecule has 0 aliphatic carbocycles. The van der Waals surface area contributed by atoms with Crippen LogP contribution in [0.25, 0.3) is 0 Å². The number of aromatic nitrogens is 2. The number of carbonyl (C=O) groups excluding carboxylic acids is 3. The molecule has 0 atom stereocenters. The van der Waals surface area contributed by atoms with Crippen LogP contribution in [0.15, 0.2) is 33.9 Å². The molecule has 0 spiro atoms. The van der Waals surface area contributed by atoms with Gasteiger partial charge in [0.25, 0.3) is 5.56 Å². The van der Waals surface area contributed by atoms with Gasteiger partial charge in [-0.05, 0) is 37.6 Å². The summed E-state index contributed by atoms with van der Waals surface area (Å²) < 4.78 is 11.2. The third kappa shape index (κ3) is 5.64. The number of hydrogen-bond acceptors (Lipinski definition) is 8. The van der Waals surface area contributed by atoms with Crippen molar-refractivity contribution in [1.29, 1.82) is 0 Å². The Bertz CT molecular complexity index is 1040. The topological polar surface area (TPSA) is 151 Å². The van der Waals surface area contributed by atoms with Crippen LogP contribution >= 0.6 is 0 Å². The Hall–Kier alpha value is -3.69. The summed E-state index contributed by atoms with van der Waals surface area (Å²) in [6.07, 6.45) is 0.335. The second-order valence-electron chi connectivity index (χ2n) is 6.19. The molecule has 2 aromatic rings. The van der Waals surface area contributed by atoms with E-state index in [1.807, 2.05) is 4.98 Å². The standard InChI is InChI=1S/C19H21N3O7/c1-11(23)12-5-7-13(8-6-12)28-9-3-4-15(25)29-10-14(24)16-17(20)22(2)19(27)21-18(16)26/h5-8H,3-4,9-10,20H2,1-2H3,(H,21,26,27). The number of H-pyrrole nitrogens is 1. The molecule has 0 unspecified atom stereocenters. The van der Waals surface area contributed by atoms with Crippen LogP contribution < -0.4 is 21.7 Å². The number of Topliss-reactive ketones (excluding diaryl/α,β-unsaturated/α-hetero) is 2. The van der Waals surface area contributed by atoms with Crippen molar-refractivity contribution in [3.8, 4) is 5.75 Å². The molecule has 1 aromatic heterocycles. The summed E-state index contributed by atoms with van der Waals surface area (Å²) in [6, 6.07) is 6.60. The zero-order valence-corrected chi connectivity index (χ0v) is 16.0. The molecular weight excluding hydrogens is 382 g/mol. The summed E-state index contributed by atoms with van der Waals surface area (Å²) in [6.45, 7) is 1.03. The molecule has 3 N–H and O–H groups in total. The van der Waals surface area contributed by atoms with Gasteiger partial charge >= 0.3 is 11.7 Å². The molecule has 10 nitrogen and oxygen atoms in total. The van der Waals surface area contributed by atoms with Crippen LogP contribution in [-0.2, 0) is 16.6 Å². The molecule has 1 aromatic carbocycles. The van der Waals surface area contributed by atoms with Crippen molar-refractivity contribution in [2.24, 2.45) is 7.05 Å². The molecule has 0 saturated heterocycles. The van der Waals surface area contributed by atoms with Gasteiger partial charge in [0.05, 0.1) is 6.61 Å². The number of ether oxygens (including phenoxy) is 2. The van der Waals surface area contributed by atoms with E-state index in [0.29, 0.717) is 17.7 Å². The Balaban J connectivity index is 1.78. The number of nitrogens with one attached hydrogen (secondary N) is 1. The Labute approximate surface area is 165 Å². The van der Waals surface area contributed by atoms with E-state index in [1.54, 1.807) is 24.3 Å². The van der Waals surface area contributed by atoms with Crippen LogP contribution in [0.5, 0.6) is 5.75 Å². The lowest BCUT2D eigenvalue weighted by Crippen LogP contribution is -2.35. The number of carbonyl (C=O) groups is 3. The Kier molecular flexibility index (Phi) is 7.07. The highest BCUT2D eigenvalue weighted by Crippen LogP contribution is 2.13. The normalized spacial score (nSPS) is 10.4. The predicted molar refractivity (Wildman–Crippen MR) is 103 cm³/mol. The predicted octanol–water partition coefficient (Wildman–Crippen LogP) is 0.444. The second kappa shape index (κ2) is 9.49. The van der Waals surface area contributed by atoms with Crippen LogP contribution in [0.1, 0.15) is 40.5 Å². The SMILES string of the molecule is CC(=O)c1ccc(OCCCC(=O)OCC(=O)c2c(N)n(C)c(=O)[nH]c2=O)cc1. The van der Waals surface area contributed by atoms with Crippen molar-refractivity contribution in [2.75, 3.05) is 18.9 Å². The van der Waals surface area contributed by atoms with Gasteiger partial charge in [0.2, 0.25) is 5.78 Å². The first kappa shape index (κ1) is 21.6. The third-order valence-corrected chi connectivity index (χ3v) is 4.07. The van der Waals surface area contributed by atoms with Gasteiger partial charge in [0, 0.05) is 19.0 Å². The third-order valence-electron chi connectivity index (χ3n) is 4.07. The van der Waals surface area contributed by atoms with E-state index in [4.69, 9.17) is 15.2 Å². The van der Waals surface area contributed by atoms with Crippen molar-refractivity contribution in [3.63, 3.8) is 0 Å². The monoisotopic (exact) mass is 403 g/mol. The maximum atomic E-state index is 12.1. The van der Waals surface area contributed by atoms with Gasteiger partial charge in [-0.3, -0.25) is 28.7 Å². The molecule has 0 aliphatic heterocycles. The average Bonchev–Trinajstić information content (AvgIpc) is 2.68. The lowest BCUT2D eigenvalue weighted by molar-refractivity contribution is -0.142. The number of hydrogen-bond donors (Lipinski definition) is 2. The first-order valence-electron chi connectivity index (χ1n) is 8.72. The van der Waals surface area contributed by atoms with Crippen molar-refractivity contribution in [2.45, 2.75) is 19.8 Å². The summed E-state index contributed by atoms with van der Waals surface area (Å²) in [4.78, 5) is 60.2. The fourth-order valence-corrected chi connectivity index (χ4v) is 2.39. The van der Waals surface area contributed by atoms with Gasteiger partial charge in [0.15, 0.2) is 12.4 Å². The largest absolute Gasteiger partial charge is 0.494 e. The van der Waals surface area contributed by atoms with E-state index >= 15 is 0 Å². The van der Waals surface area contributed by atoms with E-state index in [2.05, 4.69) is 0 Å². The van der Waals surface area contributed by atoms with Crippen molar-refractivity contribution >= 4 is 23.4 Å². The second-order valence-corrected chi connectivity index (χ2v) is 6.19. The van der Waals surface area contributed by atoms with Gasteiger partial charge in [-0.15, -0.1) is 0 Å². The fraction of sp³-hybridized carbons (Fsp3) is 0.316. The van der Waals surface area contributed by atoms with E-state index in [1.165, 1.54) is 14.0 Å². The first-order valence-corrected chi connectivity index (χ1v) is 8.72. The number of anilines is 1. The summed E-state index contributed by atoms with van der Waals surface area (Å²) in [7, 11) is 1.30. The highest BCUT2D eigenvalue weighted by atomic mass is 16.5. The summed E-state index contributed by atoms with van der Waals surface area (Å²) in [5.41, 5.74) is 4.07. The van der Waals surface area contributed by atoms with Gasteiger partial charge in [-0.2, -0.15) is 0 Å². The molecule has 0 radical (unpaired) electrons. The number of aromatic amines is 1. The number of nitrogen functional groups attached to an aromatic ring is 1. The van der Waals surface area contributed by atoms with Crippen LogP contribution in [0.4, 0.5) is 5.82 Å². The zero-order valence-electron chi connectivity index (χ0n) is 16.0. The molecule has 0 amide bonds. The van der Waals surface area contributed by atoms with Crippen molar-refractivity contribution in [3.05, 3.63) is 56.2 Å². The summed E-state index contributed by atoms with van der Waals surface area (Å²) in [5.74, 6) is -1.24. The molecule has 0 saturated carbocycles. The Morgan fingerprint density at radius 3 is 2.41 bits per heavy atom. The lowest BCUT2D eigenvalue weighted by atomic mass is 10.1. The minimum absolute atomic E-state index is 0.00206. The fourth-order valence-electron chi connectivity index (χ4n) is 2.39. The van der Waals surface area contributed by atoms with Crippen LogP contribution in [0.2, 0.25) is 0 Å². The van der Waals surface area contributed by atoms with E-state index in [0.717, 1.165) is 4.57 Å².